The Bertz CT molecular complexity index is 748. The number of nitrogens with one attached hydrogen (secondary N) is 1. The number of ether oxygens (including phenoxy) is 1. The van der Waals surface area contributed by atoms with Crippen LogP contribution in [0, 0.1) is 0 Å². The van der Waals surface area contributed by atoms with E-state index in [-0.39, 0.29) is 6.04 Å². The SMILES string of the molecule is COc1cccc(C2=CC=CC3Nc4ncccc4C23)c1. The molecule has 21 heavy (non-hydrogen) atoms. The van der Waals surface area contributed by atoms with Crippen molar-refractivity contribution < 1.29 is 4.74 Å². The zero-order valence-corrected chi connectivity index (χ0v) is 11.8. The van der Waals surface area contributed by atoms with Crippen LogP contribution >= 0.6 is 0 Å². The van der Waals surface area contributed by atoms with Crippen LogP contribution in [0.25, 0.3) is 5.57 Å². The van der Waals surface area contributed by atoms with Crippen LogP contribution in [0.15, 0.2) is 60.8 Å². The smallest absolute Gasteiger partial charge is 0.130 e. The molecule has 0 spiro atoms. The highest BCUT2D eigenvalue weighted by atomic mass is 16.5. The summed E-state index contributed by atoms with van der Waals surface area (Å²) < 4.78 is 5.35. The zero-order chi connectivity index (χ0) is 14.2. The molecule has 1 aliphatic carbocycles. The van der Waals surface area contributed by atoms with Crippen LogP contribution < -0.4 is 10.1 Å². The van der Waals surface area contributed by atoms with Crippen LogP contribution in [-0.4, -0.2) is 18.1 Å². The Kier molecular flexibility index (Phi) is 2.78. The topological polar surface area (TPSA) is 34.1 Å². The third-order valence-electron chi connectivity index (χ3n) is 4.17. The quantitative estimate of drug-likeness (QED) is 0.909. The number of hydrogen-bond acceptors (Lipinski definition) is 3. The summed E-state index contributed by atoms with van der Waals surface area (Å²) >= 11 is 0. The van der Waals surface area contributed by atoms with Crippen molar-refractivity contribution in [3.63, 3.8) is 0 Å². The second kappa shape index (κ2) is 4.77. The van der Waals surface area contributed by atoms with Gasteiger partial charge in [-0.2, -0.15) is 0 Å². The Morgan fingerprint density at radius 3 is 3.05 bits per heavy atom. The Balaban J connectivity index is 1.82. The zero-order valence-electron chi connectivity index (χ0n) is 11.8. The van der Waals surface area contributed by atoms with E-state index in [9.17, 15) is 0 Å². The molecule has 4 rings (SSSR count). The van der Waals surface area contributed by atoms with E-state index in [0.717, 1.165) is 11.6 Å². The minimum atomic E-state index is 0.279. The molecular formula is C18H16N2O. The van der Waals surface area contributed by atoms with Crippen molar-refractivity contribution >= 4 is 11.4 Å². The van der Waals surface area contributed by atoms with Crippen molar-refractivity contribution in [3.05, 3.63) is 72.0 Å². The van der Waals surface area contributed by atoms with Crippen molar-refractivity contribution in [2.75, 3.05) is 12.4 Å². The average molecular weight is 276 g/mol. The minimum absolute atomic E-state index is 0.279. The lowest BCUT2D eigenvalue weighted by Gasteiger charge is -2.24. The number of aromatic nitrogens is 1. The Hall–Kier alpha value is -2.55. The maximum Gasteiger partial charge on any atom is 0.130 e. The molecule has 0 saturated carbocycles. The van der Waals surface area contributed by atoms with E-state index in [2.05, 4.69) is 46.7 Å². The highest BCUT2D eigenvalue weighted by Crippen LogP contribution is 2.45. The fourth-order valence-corrected chi connectivity index (χ4v) is 3.21. The molecule has 3 heteroatoms. The summed E-state index contributed by atoms with van der Waals surface area (Å²) in [4.78, 5) is 4.45. The molecule has 0 amide bonds. The van der Waals surface area contributed by atoms with Gasteiger partial charge in [0.05, 0.1) is 13.2 Å². The van der Waals surface area contributed by atoms with Crippen molar-refractivity contribution in [2.45, 2.75) is 12.0 Å². The first kappa shape index (κ1) is 12.2. The Morgan fingerprint density at radius 1 is 1.19 bits per heavy atom. The highest BCUT2D eigenvalue weighted by Gasteiger charge is 2.35. The van der Waals surface area contributed by atoms with Crippen LogP contribution in [0.4, 0.5) is 5.82 Å². The van der Waals surface area contributed by atoms with E-state index in [1.165, 1.54) is 16.7 Å². The molecule has 3 nitrogen and oxygen atoms in total. The summed E-state index contributed by atoms with van der Waals surface area (Å²) in [7, 11) is 1.70. The molecule has 0 bridgehead atoms. The maximum atomic E-state index is 5.35. The van der Waals surface area contributed by atoms with Crippen molar-refractivity contribution in [1.29, 1.82) is 0 Å². The molecule has 2 aliphatic rings. The van der Waals surface area contributed by atoms with Gasteiger partial charge in [0, 0.05) is 17.7 Å². The molecule has 2 atom stereocenters. The lowest BCUT2D eigenvalue weighted by Crippen LogP contribution is -2.21. The molecular weight excluding hydrogens is 260 g/mol. The standard InChI is InChI=1S/C18H16N2O/c1-21-13-6-2-5-12(11-13)14-7-3-9-16-17(14)15-8-4-10-19-18(15)20-16/h2-11,16-17H,1H3,(H,19,20). The molecule has 0 saturated heterocycles. The summed E-state index contributed by atoms with van der Waals surface area (Å²) in [6.45, 7) is 0. The van der Waals surface area contributed by atoms with Gasteiger partial charge < -0.3 is 10.1 Å². The summed E-state index contributed by atoms with van der Waals surface area (Å²) in [6.07, 6.45) is 8.35. The van der Waals surface area contributed by atoms with Crippen LogP contribution in [-0.2, 0) is 0 Å². The second-order valence-electron chi connectivity index (χ2n) is 5.33. The molecule has 2 heterocycles. The Morgan fingerprint density at radius 2 is 2.14 bits per heavy atom. The number of nitrogens with zero attached hydrogens (tertiary/aromatic N) is 1. The highest BCUT2D eigenvalue weighted by molar-refractivity contribution is 5.80. The summed E-state index contributed by atoms with van der Waals surface area (Å²) in [5.41, 5.74) is 3.77. The van der Waals surface area contributed by atoms with Crippen LogP contribution in [0.3, 0.4) is 0 Å². The molecule has 1 aromatic heterocycles. The molecule has 1 aromatic carbocycles. The van der Waals surface area contributed by atoms with Gasteiger partial charge in [0.15, 0.2) is 0 Å². The van der Waals surface area contributed by atoms with Gasteiger partial charge in [0.1, 0.15) is 11.6 Å². The number of allylic oxidation sites excluding steroid dienone is 2. The van der Waals surface area contributed by atoms with Crippen LogP contribution in [0.5, 0.6) is 5.75 Å². The van der Waals surface area contributed by atoms with E-state index < -0.39 is 0 Å². The van der Waals surface area contributed by atoms with E-state index in [1.807, 2.05) is 24.4 Å². The van der Waals surface area contributed by atoms with Crippen molar-refractivity contribution in [1.82, 2.24) is 4.98 Å². The fourth-order valence-electron chi connectivity index (χ4n) is 3.21. The molecule has 0 radical (unpaired) electrons. The fraction of sp³-hybridized carbons (Fsp3) is 0.167. The van der Waals surface area contributed by atoms with Gasteiger partial charge in [-0.1, -0.05) is 36.4 Å². The van der Waals surface area contributed by atoms with Gasteiger partial charge in [0.25, 0.3) is 0 Å². The van der Waals surface area contributed by atoms with Gasteiger partial charge >= 0.3 is 0 Å². The monoisotopic (exact) mass is 276 g/mol. The van der Waals surface area contributed by atoms with E-state index in [0.29, 0.717) is 5.92 Å². The first-order valence-electron chi connectivity index (χ1n) is 7.11. The Labute approximate surface area is 124 Å². The van der Waals surface area contributed by atoms with E-state index in [4.69, 9.17) is 4.74 Å². The lowest BCUT2D eigenvalue weighted by atomic mass is 9.81. The number of hydrogen-bond donors (Lipinski definition) is 1. The summed E-state index contributed by atoms with van der Waals surface area (Å²) in [5, 5.41) is 3.49. The summed E-state index contributed by atoms with van der Waals surface area (Å²) in [6, 6.07) is 12.7. The third kappa shape index (κ3) is 1.93. The number of rotatable bonds is 2. The van der Waals surface area contributed by atoms with Gasteiger partial charge in [0.2, 0.25) is 0 Å². The largest absolute Gasteiger partial charge is 0.497 e. The van der Waals surface area contributed by atoms with Crippen LogP contribution in [0.2, 0.25) is 0 Å². The predicted molar refractivity (Wildman–Crippen MR) is 84.5 cm³/mol. The van der Waals surface area contributed by atoms with Crippen molar-refractivity contribution in [3.8, 4) is 5.75 Å². The lowest BCUT2D eigenvalue weighted by molar-refractivity contribution is 0.414. The number of methoxy groups -OCH3 is 1. The average Bonchev–Trinajstić information content (AvgIpc) is 2.93. The molecule has 0 fully saturated rings. The first-order valence-corrected chi connectivity index (χ1v) is 7.11. The third-order valence-corrected chi connectivity index (χ3v) is 4.17. The van der Waals surface area contributed by atoms with Gasteiger partial charge in [-0.3, -0.25) is 0 Å². The summed E-state index contributed by atoms with van der Waals surface area (Å²) in [5.74, 6) is 2.19. The number of pyridine rings is 1. The van der Waals surface area contributed by atoms with Gasteiger partial charge in [-0.05, 0) is 29.3 Å². The maximum absolute atomic E-state index is 5.35. The molecule has 104 valence electrons. The van der Waals surface area contributed by atoms with E-state index in [1.54, 1.807) is 7.11 Å². The molecule has 2 unspecified atom stereocenters. The van der Waals surface area contributed by atoms with Gasteiger partial charge in [-0.25, -0.2) is 4.98 Å². The number of benzene rings is 1. The normalized spacial score (nSPS) is 22.0. The van der Waals surface area contributed by atoms with Gasteiger partial charge in [-0.15, -0.1) is 0 Å². The second-order valence-corrected chi connectivity index (χ2v) is 5.33. The van der Waals surface area contributed by atoms with Crippen molar-refractivity contribution in [2.24, 2.45) is 0 Å². The predicted octanol–water partition coefficient (Wildman–Crippen LogP) is 3.62. The van der Waals surface area contributed by atoms with Crippen LogP contribution in [0.1, 0.15) is 17.0 Å². The molecule has 2 aromatic rings. The molecule has 1 N–H and O–H groups in total. The number of anilines is 1. The number of fused-ring (bicyclic) bond motifs is 3. The first-order chi connectivity index (χ1) is 10.4. The molecule has 1 aliphatic heterocycles. The minimum Gasteiger partial charge on any atom is -0.497 e. The van der Waals surface area contributed by atoms with E-state index >= 15 is 0 Å².